The smallest absolute Gasteiger partial charge is 0.222 e. The van der Waals surface area contributed by atoms with Crippen LogP contribution in [0.3, 0.4) is 0 Å². The van der Waals surface area contributed by atoms with Gasteiger partial charge >= 0.3 is 0 Å². The fraction of sp³-hybridized carbons (Fsp3) is 0.929. The average molecular weight is 252 g/mol. The lowest BCUT2D eigenvalue weighted by Gasteiger charge is -2.39. The van der Waals surface area contributed by atoms with E-state index in [1.54, 1.807) is 0 Å². The van der Waals surface area contributed by atoms with Gasteiger partial charge in [-0.1, -0.05) is 0 Å². The number of amides is 1. The summed E-state index contributed by atoms with van der Waals surface area (Å²) in [5.41, 5.74) is 0. The molecule has 0 aromatic carbocycles. The third kappa shape index (κ3) is 2.54. The van der Waals surface area contributed by atoms with Gasteiger partial charge in [0, 0.05) is 38.1 Å². The lowest BCUT2D eigenvalue weighted by atomic mass is 9.95. The molecule has 1 unspecified atom stereocenters. The van der Waals surface area contributed by atoms with Crippen LogP contribution in [-0.4, -0.2) is 60.6 Å². The van der Waals surface area contributed by atoms with E-state index in [0.29, 0.717) is 18.0 Å². The summed E-state index contributed by atoms with van der Waals surface area (Å²) in [6, 6.07) is 1.19. The van der Waals surface area contributed by atoms with Gasteiger partial charge in [-0.2, -0.15) is 0 Å². The normalized spacial score (nSPS) is 35.1. The van der Waals surface area contributed by atoms with Crippen LogP contribution in [0.2, 0.25) is 0 Å². The summed E-state index contributed by atoms with van der Waals surface area (Å²) >= 11 is 0. The van der Waals surface area contributed by atoms with E-state index in [2.05, 4.69) is 9.80 Å². The van der Waals surface area contributed by atoms with E-state index < -0.39 is 0 Å². The average Bonchev–Trinajstić information content (AvgIpc) is 2.84. The highest BCUT2D eigenvalue weighted by Gasteiger charge is 2.34. The third-order valence-electron chi connectivity index (χ3n) is 4.73. The molecule has 102 valence electrons. The molecule has 3 fully saturated rings. The lowest BCUT2D eigenvalue weighted by molar-refractivity contribution is -0.133. The largest absolute Gasteiger partial charge is 0.379 e. The van der Waals surface area contributed by atoms with Crippen molar-refractivity contribution in [2.75, 3.05) is 32.8 Å². The Labute approximate surface area is 109 Å². The highest BCUT2D eigenvalue weighted by atomic mass is 16.5. The van der Waals surface area contributed by atoms with Gasteiger partial charge in [0.15, 0.2) is 0 Å². The predicted molar refractivity (Wildman–Crippen MR) is 69.4 cm³/mol. The Kier molecular flexibility index (Phi) is 3.85. The van der Waals surface area contributed by atoms with Crippen LogP contribution in [-0.2, 0) is 9.53 Å². The first-order valence-corrected chi connectivity index (χ1v) is 7.46. The molecule has 3 heterocycles. The Hall–Kier alpha value is -0.610. The van der Waals surface area contributed by atoms with Gasteiger partial charge in [-0.05, 0) is 32.1 Å². The van der Waals surface area contributed by atoms with Gasteiger partial charge in [-0.25, -0.2) is 0 Å². The molecule has 3 rings (SSSR count). The van der Waals surface area contributed by atoms with Gasteiger partial charge in [0.2, 0.25) is 5.91 Å². The maximum Gasteiger partial charge on any atom is 0.222 e. The molecule has 0 aromatic heterocycles. The van der Waals surface area contributed by atoms with E-state index in [1.807, 2.05) is 0 Å². The number of hydrogen-bond donors (Lipinski definition) is 0. The predicted octanol–water partition coefficient (Wildman–Crippen LogP) is 1.25. The number of ether oxygens (including phenoxy) is 1. The van der Waals surface area contributed by atoms with Crippen LogP contribution in [0.4, 0.5) is 0 Å². The van der Waals surface area contributed by atoms with E-state index in [0.717, 1.165) is 45.7 Å². The minimum atomic E-state index is 0.401. The standard InChI is InChI=1S/C14H24N2O2/c17-14-5-1-3-12(15-7-9-18-10-8-15)11-13-4-2-6-16(13)14/h12-13H,1-11H2/t12?,13-/m1/s1. The highest BCUT2D eigenvalue weighted by Crippen LogP contribution is 2.29. The number of hydrogen-bond acceptors (Lipinski definition) is 3. The molecule has 2 atom stereocenters. The van der Waals surface area contributed by atoms with Crippen molar-refractivity contribution in [1.29, 1.82) is 0 Å². The summed E-state index contributed by atoms with van der Waals surface area (Å²) < 4.78 is 5.44. The quantitative estimate of drug-likeness (QED) is 0.704. The molecule has 0 radical (unpaired) electrons. The molecule has 4 heteroatoms. The minimum absolute atomic E-state index is 0.401. The zero-order valence-corrected chi connectivity index (χ0v) is 11.1. The SMILES string of the molecule is O=C1CCCC(N2CCOCC2)C[C@H]2CCCN12. The Balaban J connectivity index is 1.66. The molecular formula is C14H24N2O2. The van der Waals surface area contributed by atoms with Crippen LogP contribution in [0.1, 0.15) is 38.5 Å². The first-order chi connectivity index (χ1) is 8.84. The Bertz CT molecular complexity index is 302. The second-order valence-electron chi connectivity index (χ2n) is 5.81. The fourth-order valence-electron chi connectivity index (χ4n) is 3.75. The van der Waals surface area contributed by atoms with E-state index in [4.69, 9.17) is 4.74 Å². The van der Waals surface area contributed by atoms with Crippen molar-refractivity contribution in [1.82, 2.24) is 9.80 Å². The zero-order valence-electron chi connectivity index (χ0n) is 11.1. The van der Waals surface area contributed by atoms with Gasteiger partial charge < -0.3 is 9.64 Å². The molecule has 0 N–H and O–H groups in total. The molecule has 0 bridgehead atoms. The Morgan fingerprint density at radius 1 is 1.00 bits per heavy atom. The number of carbonyl (C=O) groups excluding carboxylic acids is 1. The first kappa shape index (κ1) is 12.4. The van der Waals surface area contributed by atoms with Crippen molar-refractivity contribution in [3.63, 3.8) is 0 Å². The number of rotatable bonds is 1. The molecule has 18 heavy (non-hydrogen) atoms. The van der Waals surface area contributed by atoms with Crippen LogP contribution < -0.4 is 0 Å². The Morgan fingerprint density at radius 2 is 1.78 bits per heavy atom. The van der Waals surface area contributed by atoms with Crippen molar-refractivity contribution in [2.45, 2.75) is 50.6 Å². The monoisotopic (exact) mass is 252 g/mol. The maximum atomic E-state index is 12.0. The topological polar surface area (TPSA) is 32.8 Å². The molecule has 4 nitrogen and oxygen atoms in total. The summed E-state index contributed by atoms with van der Waals surface area (Å²) in [7, 11) is 0. The van der Waals surface area contributed by atoms with Crippen molar-refractivity contribution in [3.8, 4) is 0 Å². The molecular weight excluding hydrogens is 228 g/mol. The number of fused-ring (bicyclic) bond motifs is 1. The number of carbonyl (C=O) groups is 1. The van der Waals surface area contributed by atoms with Crippen LogP contribution in [0.25, 0.3) is 0 Å². The van der Waals surface area contributed by atoms with E-state index in [1.165, 1.54) is 25.7 Å². The summed E-state index contributed by atoms with van der Waals surface area (Å²) in [5.74, 6) is 0.401. The minimum Gasteiger partial charge on any atom is -0.379 e. The van der Waals surface area contributed by atoms with Crippen LogP contribution in [0.5, 0.6) is 0 Å². The fourth-order valence-corrected chi connectivity index (χ4v) is 3.75. The van der Waals surface area contributed by atoms with E-state index in [9.17, 15) is 4.79 Å². The van der Waals surface area contributed by atoms with Crippen LogP contribution in [0, 0.1) is 0 Å². The van der Waals surface area contributed by atoms with Crippen LogP contribution in [0.15, 0.2) is 0 Å². The molecule has 0 spiro atoms. The van der Waals surface area contributed by atoms with Crippen molar-refractivity contribution < 1.29 is 9.53 Å². The summed E-state index contributed by atoms with van der Waals surface area (Å²) in [4.78, 5) is 16.8. The third-order valence-corrected chi connectivity index (χ3v) is 4.73. The Morgan fingerprint density at radius 3 is 2.61 bits per heavy atom. The van der Waals surface area contributed by atoms with E-state index in [-0.39, 0.29) is 0 Å². The highest BCUT2D eigenvalue weighted by molar-refractivity contribution is 5.76. The van der Waals surface area contributed by atoms with Gasteiger partial charge in [-0.15, -0.1) is 0 Å². The summed E-state index contributed by atoms with van der Waals surface area (Å²) in [6.07, 6.45) is 6.61. The van der Waals surface area contributed by atoms with Crippen molar-refractivity contribution >= 4 is 5.91 Å². The zero-order chi connectivity index (χ0) is 12.4. The molecule has 1 amide bonds. The van der Waals surface area contributed by atoms with E-state index >= 15 is 0 Å². The van der Waals surface area contributed by atoms with Gasteiger partial charge in [-0.3, -0.25) is 9.69 Å². The molecule has 3 aliphatic heterocycles. The molecule has 0 saturated carbocycles. The maximum absolute atomic E-state index is 12.0. The second-order valence-corrected chi connectivity index (χ2v) is 5.81. The van der Waals surface area contributed by atoms with Crippen molar-refractivity contribution in [2.24, 2.45) is 0 Å². The molecule has 3 aliphatic rings. The number of morpholine rings is 1. The lowest BCUT2D eigenvalue weighted by Crippen LogP contribution is -2.48. The van der Waals surface area contributed by atoms with Gasteiger partial charge in [0.1, 0.15) is 0 Å². The van der Waals surface area contributed by atoms with Gasteiger partial charge in [0.05, 0.1) is 13.2 Å². The summed E-state index contributed by atoms with van der Waals surface area (Å²) in [6.45, 7) is 4.91. The van der Waals surface area contributed by atoms with Gasteiger partial charge in [0.25, 0.3) is 0 Å². The number of nitrogens with zero attached hydrogens (tertiary/aromatic N) is 2. The van der Waals surface area contributed by atoms with Crippen LogP contribution >= 0.6 is 0 Å². The molecule has 0 aliphatic carbocycles. The first-order valence-electron chi connectivity index (χ1n) is 7.46. The second kappa shape index (κ2) is 5.57. The molecule has 0 aromatic rings. The molecule has 3 saturated heterocycles. The summed E-state index contributed by atoms with van der Waals surface area (Å²) in [5, 5.41) is 0. The van der Waals surface area contributed by atoms with Crippen molar-refractivity contribution in [3.05, 3.63) is 0 Å².